The van der Waals surface area contributed by atoms with Crippen molar-refractivity contribution in [2.45, 2.75) is 0 Å². The van der Waals surface area contributed by atoms with Crippen LogP contribution in [-0.2, 0) is 0 Å². The fourth-order valence-corrected chi connectivity index (χ4v) is 9.28. The molecule has 40 heavy (non-hydrogen) atoms. The SMILES string of the molecule is c1csc(-c2cccc3cccc(-c4ccc(-c5ccc(-c6cccc7cccc(-c8cccs8)c67)s5)s4)c23)c1. The van der Waals surface area contributed by atoms with E-state index in [1.54, 1.807) is 22.7 Å². The van der Waals surface area contributed by atoms with Crippen molar-refractivity contribution in [3.8, 4) is 51.5 Å². The number of hydrogen-bond acceptors (Lipinski definition) is 4. The van der Waals surface area contributed by atoms with Gasteiger partial charge >= 0.3 is 0 Å². The topological polar surface area (TPSA) is 0 Å². The minimum atomic E-state index is 1.29. The van der Waals surface area contributed by atoms with Crippen molar-refractivity contribution >= 4 is 66.9 Å². The van der Waals surface area contributed by atoms with Crippen LogP contribution >= 0.6 is 45.3 Å². The van der Waals surface area contributed by atoms with Crippen molar-refractivity contribution < 1.29 is 0 Å². The van der Waals surface area contributed by atoms with E-state index in [9.17, 15) is 0 Å². The molecule has 0 nitrogen and oxygen atoms in total. The molecule has 0 fully saturated rings. The minimum Gasteiger partial charge on any atom is -0.144 e. The minimum absolute atomic E-state index is 1.29. The van der Waals surface area contributed by atoms with Gasteiger partial charge in [0.15, 0.2) is 0 Å². The molecule has 4 heteroatoms. The Morgan fingerprint density at radius 3 is 1.05 bits per heavy atom. The lowest BCUT2D eigenvalue weighted by molar-refractivity contribution is 1.72. The molecule has 0 N–H and O–H groups in total. The number of rotatable bonds is 5. The maximum absolute atomic E-state index is 2.30. The summed E-state index contributed by atoms with van der Waals surface area (Å²) in [4.78, 5) is 7.88. The van der Waals surface area contributed by atoms with Gasteiger partial charge in [-0.25, -0.2) is 0 Å². The Morgan fingerprint density at radius 1 is 0.300 bits per heavy atom. The molecule has 4 aromatic carbocycles. The molecule has 0 amide bonds. The Morgan fingerprint density at radius 2 is 0.675 bits per heavy atom. The van der Waals surface area contributed by atoms with Crippen molar-refractivity contribution in [1.29, 1.82) is 0 Å². The molecule has 0 aliphatic heterocycles. The molecule has 8 aromatic rings. The van der Waals surface area contributed by atoms with Crippen LogP contribution in [0.2, 0.25) is 0 Å². The van der Waals surface area contributed by atoms with E-state index in [-0.39, 0.29) is 0 Å². The number of hydrogen-bond donors (Lipinski definition) is 0. The first-order valence-electron chi connectivity index (χ1n) is 13.2. The Balaban J connectivity index is 1.22. The number of fused-ring (bicyclic) bond motifs is 2. The van der Waals surface area contributed by atoms with Gasteiger partial charge in [-0.3, -0.25) is 0 Å². The maximum Gasteiger partial charge on any atom is 0.0449 e. The van der Waals surface area contributed by atoms with Gasteiger partial charge in [0.2, 0.25) is 0 Å². The van der Waals surface area contributed by atoms with Crippen LogP contribution in [0.3, 0.4) is 0 Å². The van der Waals surface area contributed by atoms with E-state index < -0.39 is 0 Å². The van der Waals surface area contributed by atoms with Gasteiger partial charge in [-0.05, 0) is 68.7 Å². The summed E-state index contributed by atoms with van der Waals surface area (Å²) < 4.78 is 0. The summed E-state index contributed by atoms with van der Waals surface area (Å²) in [7, 11) is 0. The van der Waals surface area contributed by atoms with Crippen LogP contribution in [0.25, 0.3) is 73.1 Å². The van der Waals surface area contributed by atoms with Gasteiger partial charge in [0, 0.05) is 51.5 Å². The number of thiophene rings is 4. The van der Waals surface area contributed by atoms with Gasteiger partial charge in [-0.1, -0.05) is 84.9 Å². The predicted molar refractivity (Wildman–Crippen MR) is 180 cm³/mol. The third-order valence-electron chi connectivity index (χ3n) is 7.37. The van der Waals surface area contributed by atoms with Crippen LogP contribution < -0.4 is 0 Å². The Hall–Kier alpha value is -3.80. The summed E-state index contributed by atoms with van der Waals surface area (Å²) in [5.74, 6) is 0. The molecule has 4 heterocycles. The first-order valence-corrected chi connectivity index (χ1v) is 16.5. The van der Waals surface area contributed by atoms with Crippen molar-refractivity contribution in [1.82, 2.24) is 0 Å². The van der Waals surface area contributed by atoms with Crippen molar-refractivity contribution in [3.63, 3.8) is 0 Å². The average molecular weight is 583 g/mol. The molecule has 0 aliphatic rings. The van der Waals surface area contributed by atoms with Gasteiger partial charge < -0.3 is 0 Å². The summed E-state index contributed by atoms with van der Waals surface area (Å²) in [5, 5.41) is 9.57. The smallest absolute Gasteiger partial charge is 0.0449 e. The third-order valence-corrected chi connectivity index (χ3v) is 11.6. The van der Waals surface area contributed by atoms with Crippen LogP contribution in [0.15, 0.2) is 132 Å². The Labute approximate surface area is 249 Å². The summed E-state index contributed by atoms with van der Waals surface area (Å²) >= 11 is 7.39. The van der Waals surface area contributed by atoms with E-state index in [1.165, 1.54) is 73.1 Å². The standard InChI is InChI=1S/C36H22S4/c1-7-23-9-3-13-27(35(23)25(11-1)29-15-5-21-37-29)31-17-19-33(39-31)34-20-18-32(40-34)28-14-4-10-24-8-2-12-26(36(24)28)30-16-6-22-38-30/h1-22H. The first kappa shape index (κ1) is 24.0. The zero-order valence-corrected chi connectivity index (χ0v) is 24.6. The summed E-state index contributed by atoms with van der Waals surface area (Å²) in [6.07, 6.45) is 0. The monoisotopic (exact) mass is 582 g/mol. The van der Waals surface area contributed by atoms with E-state index in [4.69, 9.17) is 0 Å². The lowest BCUT2D eigenvalue weighted by Crippen LogP contribution is -1.82. The fraction of sp³-hybridized carbons (Fsp3) is 0. The first-order chi connectivity index (χ1) is 19.8. The van der Waals surface area contributed by atoms with E-state index in [2.05, 4.69) is 132 Å². The van der Waals surface area contributed by atoms with Crippen molar-refractivity contribution in [2.75, 3.05) is 0 Å². The van der Waals surface area contributed by atoms with E-state index in [1.807, 2.05) is 22.7 Å². The van der Waals surface area contributed by atoms with E-state index >= 15 is 0 Å². The normalized spacial score (nSPS) is 11.5. The predicted octanol–water partition coefficient (Wildman–Crippen LogP) is 12.6. The highest BCUT2D eigenvalue weighted by molar-refractivity contribution is 7.25. The van der Waals surface area contributed by atoms with Gasteiger partial charge in [-0.2, -0.15) is 0 Å². The molecule has 190 valence electrons. The second-order valence-electron chi connectivity index (χ2n) is 9.70. The number of benzene rings is 4. The molecule has 0 unspecified atom stereocenters. The Kier molecular flexibility index (Phi) is 6.00. The zero-order valence-electron chi connectivity index (χ0n) is 21.3. The molecule has 8 rings (SSSR count). The van der Waals surface area contributed by atoms with Crippen LogP contribution in [0.5, 0.6) is 0 Å². The van der Waals surface area contributed by atoms with E-state index in [0.29, 0.717) is 0 Å². The largest absolute Gasteiger partial charge is 0.144 e. The Bertz CT molecular complexity index is 1940. The molecule has 4 aromatic heterocycles. The molecular formula is C36H22S4. The van der Waals surface area contributed by atoms with Crippen molar-refractivity contribution in [2.24, 2.45) is 0 Å². The second-order valence-corrected chi connectivity index (χ2v) is 13.8. The molecule has 0 saturated carbocycles. The lowest BCUT2D eigenvalue weighted by Gasteiger charge is -2.10. The van der Waals surface area contributed by atoms with E-state index in [0.717, 1.165) is 0 Å². The van der Waals surface area contributed by atoms with Gasteiger partial charge in [0.05, 0.1) is 0 Å². The molecule has 0 aliphatic carbocycles. The lowest BCUT2D eigenvalue weighted by atomic mass is 9.97. The zero-order chi connectivity index (χ0) is 26.5. The quantitative estimate of drug-likeness (QED) is 0.189. The van der Waals surface area contributed by atoms with Gasteiger partial charge in [0.25, 0.3) is 0 Å². The molecular weight excluding hydrogens is 561 g/mol. The fourth-order valence-electron chi connectivity index (χ4n) is 5.60. The second kappa shape index (κ2) is 9.99. The molecule has 0 atom stereocenters. The summed E-state index contributed by atoms with van der Waals surface area (Å²) in [6, 6.07) is 44.6. The summed E-state index contributed by atoms with van der Waals surface area (Å²) in [6.45, 7) is 0. The summed E-state index contributed by atoms with van der Waals surface area (Å²) in [5.41, 5.74) is 5.25. The highest BCUT2D eigenvalue weighted by atomic mass is 32.1. The van der Waals surface area contributed by atoms with Crippen LogP contribution in [0.1, 0.15) is 0 Å². The highest BCUT2D eigenvalue weighted by Crippen LogP contribution is 2.46. The van der Waals surface area contributed by atoms with Gasteiger partial charge in [0.1, 0.15) is 0 Å². The molecule has 0 bridgehead atoms. The van der Waals surface area contributed by atoms with Crippen LogP contribution in [-0.4, -0.2) is 0 Å². The van der Waals surface area contributed by atoms with Gasteiger partial charge in [-0.15, -0.1) is 45.3 Å². The van der Waals surface area contributed by atoms with Crippen molar-refractivity contribution in [3.05, 3.63) is 132 Å². The molecule has 0 radical (unpaired) electrons. The van der Waals surface area contributed by atoms with Crippen LogP contribution in [0, 0.1) is 0 Å². The maximum atomic E-state index is 2.30. The molecule has 0 spiro atoms. The average Bonchev–Trinajstić information content (AvgIpc) is 3.83. The molecule has 0 saturated heterocycles. The van der Waals surface area contributed by atoms with Crippen LogP contribution in [0.4, 0.5) is 0 Å². The third kappa shape index (κ3) is 4.07. The highest BCUT2D eigenvalue weighted by Gasteiger charge is 2.16.